The lowest BCUT2D eigenvalue weighted by atomic mass is 10.3. The van der Waals surface area contributed by atoms with Crippen LogP contribution in [0.3, 0.4) is 0 Å². The van der Waals surface area contributed by atoms with Crippen LogP contribution in [0.5, 0.6) is 5.88 Å². The van der Waals surface area contributed by atoms with Gasteiger partial charge in [-0.2, -0.15) is 10.1 Å². The molecule has 0 radical (unpaired) electrons. The van der Waals surface area contributed by atoms with E-state index in [1.807, 2.05) is 24.0 Å². The van der Waals surface area contributed by atoms with Crippen LogP contribution >= 0.6 is 0 Å². The van der Waals surface area contributed by atoms with Crippen molar-refractivity contribution < 1.29 is 9.47 Å². The van der Waals surface area contributed by atoms with Crippen LogP contribution in [-0.4, -0.2) is 52.7 Å². The summed E-state index contributed by atoms with van der Waals surface area (Å²) in [5, 5.41) is 4.30. The van der Waals surface area contributed by atoms with Crippen LogP contribution in [0.2, 0.25) is 0 Å². The third kappa shape index (κ3) is 3.30. The lowest BCUT2D eigenvalue weighted by Gasteiger charge is -2.32. The Kier molecular flexibility index (Phi) is 4.01. The monoisotopic (exact) mass is 289 g/mol. The van der Waals surface area contributed by atoms with Crippen LogP contribution in [0, 0.1) is 6.92 Å². The molecular formula is C14H19N5O2. The molecule has 0 amide bonds. The minimum atomic E-state index is 0.0767. The summed E-state index contributed by atoms with van der Waals surface area (Å²) in [6, 6.07) is 1.74. The summed E-state index contributed by atoms with van der Waals surface area (Å²) < 4.78 is 12.9. The molecule has 1 atom stereocenters. The zero-order valence-corrected chi connectivity index (χ0v) is 12.3. The fraction of sp³-hybridized carbons (Fsp3) is 0.500. The normalized spacial score (nSPS) is 18.8. The first-order valence-electron chi connectivity index (χ1n) is 6.97. The maximum absolute atomic E-state index is 5.81. The molecule has 0 aliphatic carbocycles. The lowest BCUT2D eigenvalue weighted by Crippen LogP contribution is -2.45. The molecule has 3 heterocycles. The molecule has 0 spiro atoms. The number of hydrogen-bond acceptors (Lipinski definition) is 6. The van der Waals surface area contributed by atoms with Crippen LogP contribution in [0.1, 0.15) is 5.56 Å². The summed E-state index contributed by atoms with van der Waals surface area (Å²) in [4.78, 5) is 10.8. The average molecular weight is 289 g/mol. The van der Waals surface area contributed by atoms with Crippen molar-refractivity contribution in [3.05, 3.63) is 30.2 Å². The van der Waals surface area contributed by atoms with E-state index >= 15 is 0 Å². The van der Waals surface area contributed by atoms with E-state index in [2.05, 4.69) is 20.0 Å². The summed E-state index contributed by atoms with van der Waals surface area (Å²) in [6.45, 7) is 4.94. The Morgan fingerprint density at radius 3 is 3.14 bits per heavy atom. The molecule has 7 heteroatoms. The van der Waals surface area contributed by atoms with E-state index in [-0.39, 0.29) is 6.10 Å². The van der Waals surface area contributed by atoms with Gasteiger partial charge in [0.2, 0.25) is 11.8 Å². The van der Waals surface area contributed by atoms with Crippen molar-refractivity contribution in [2.75, 3.05) is 31.7 Å². The Labute approximate surface area is 123 Å². The molecule has 0 saturated carbocycles. The maximum atomic E-state index is 5.81. The number of nitrogens with zero attached hydrogens (tertiary/aromatic N) is 5. The van der Waals surface area contributed by atoms with Crippen molar-refractivity contribution in [1.82, 2.24) is 19.7 Å². The van der Waals surface area contributed by atoms with E-state index in [0.717, 1.165) is 25.2 Å². The highest BCUT2D eigenvalue weighted by Gasteiger charge is 2.23. The predicted molar refractivity (Wildman–Crippen MR) is 77.5 cm³/mol. The smallest absolute Gasteiger partial charge is 0.228 e. The second-order valence-electron chi connectivity index (χ2n) is 5.08. The molecule has 0 bridgehead atoms. The topological polar surface area (TPSA) is 65.3 Å². The van der Waals surface area contributed by atoms with Gasteiger partial charge in [0.05, 0.1) is 32.6 Å². The highest BCUT2D eigenvalue weighted by Crippen LogP contribution is 2.16. The Morgan fingerprint density at radius 2 is 2.38 bits per heavy atom. The van der Waals surface area contributed by atoms with Crippen molar-refractivity contribution >= 4 is 5.95 Å². The molecule has 2 aromatic heterocycles. The minimum Gasteiger partial charge on any atom is -0.481 e. The van der Waals surface area contributed by atoms with E-state index in [1.54, 1.807) is 19.4 Å². The number of methoxy groups -OCH3 is 1. The summed E-state index contributed by atoms with van der Waals surface area (Å²) in [6.07, 6.45) is 5.66. The van der Waals surface area contributed by atoms with Crippen molar-refractivity contribution in [3.8, 4) is 5.88 Å². The molecule has 1 fully saturated rings. The van der Waals surface area contributed by atoms with Crippen LogP contribution in [0.15, 0.2) is 24.7 Å². The van der Waals surface area contributed by atoms with Crippen molar-refractivity contribution in [2.45, 2.75) is 19.6 Å². The average Bonchev–Trinajstić information content (AvgIpc) is 2.93. The molecule has 7 nitrogen and oxygen atoms in total. The number of hydrogen-bond donors (Lipinski definition) is 0. The summed E-state index contributed by atoms with van der Waals surface area (Å²) in [5.41, 5.74) is 1.15. The van der Waals surface area contributed by atoms with Gasteiger partial charge in [0, 0.05) is 31.5 Å². The molecule has 1 aliphatic heterocycles. The number of anilines is 1. The van der Waals surface area contributed by atoms with Gasteiger partial charge in [-0.3, -0.25) is 4.68 Å². The summed E-state index contributed by atoms with van der Waals surface area (Å²) in [7, 11) is 1.61. The van der Waals surface area contributed by atoms with Gasteiger partial charge in [0.1, 0.15) is 0 Å². The van der Waals surface area contributed by atoms with Crippen molar-refractivity contribution in [1.29, 1.82) is 0 Å². The van der Waals surface area contributed by atoms with Gasteiger partial charge in [0.25, 0.3) is 0 Å². The molecule has 21 heavy (non-hydrogen) atoms. The van der Waals surface area contributed by atoms with Gasteiger partial charge in [-0.1, -0.05) is 0 Å². The van der Waals surface area contributed by atoms with Gasteiger partial charge in [0.15, 0.2) is 0 Å². The largest absolute Gasteiger partial charge is 0.481 e. The Morgan fingerprint density at radius 1 is 1.48 bits per heavy atom. The SMILES string of the molecule is COc1ccnc(N2CCO[C@@H](Cn3cc(C)cn3)C2)n1. The van der Waals surface area contributed by atoms with Gasteiger partial charge in [-0.25, -0.2) is 4.98 Å². The molecule has 3 rings (SSSR count). The van der Waals surface area contributed by atoms with Crippen LogP contribution in [-0.2, 0) is 11.3 Å². The van der Waals surface area contributed by atoms with Crippen molar-refractivity contribution in [3.63, 3.8) is 0 Å². The molecule has 1 aliphatic rings. The van der Waals surface area contributed by atoms with Gasteiger partial charge in [-0.15, -0.1) is 0 Å². The second-order valence-corrected chi connectivity index (χ2v) is 5.08. The predicted octanol–water partition coefficient (Wildman–Crippen LogP) is 0.896. The zero-order valence-electron chi connectivity index (χ0n) is 12.3. The highest BCUT2D eigenvalue weighted by atomic mass is 16.5. The Bertz CT molecular complexity index is 601. The molecule has 0 aromatic carbocycles. The standard InChI is InChI=1S/C14H19N5O2/c1-11-7-16-19(8-11)10-12-9-18(5-6-21-12)14-15-4-3-13(17-14)20-2/h3-4,7-8,12H,5-6,9-10H2,1-2H3/t12-/m1/s1. The Balaban J connectivity index is 1.67. The fourth-order valence-electron chi connectivity index (χ4n) is 2.39. The number of aryl methyl sites for hydroxylation is 1. The van der Waals surface area contributed by atoms with Gasteiger partial charge < -0.3 is 14.4 Å². The van der Waals surface area contributed by atoms with E-state index in [1.165, 1.54) is 0 Å². The van der Waals surface area contributed by atoms with Gasteiger partial charge in [-0.05, 0) is 12.5 Å². The second kappa shape index (κ2) is 6.09. The lowest BCUT2D eigenvalue weighted by molar-refractivity contribution is 0.0268. The zero-order chi connectivity index (χ0) is 14.7. The highest BCUT2D eigenvalue weighted by molar-refractivity contribution is 5.32. The molecule has 112 valence electrons. The maximum Gasteiger partial charge on any atom is 0.228 e. The van der Waals surface area contributed by atoms with E-state index in [9.17, 15) is 0 Å². The van der Waals surface area contributed by atoms with E-state index < -0.39 is 0 Å². The van der Waals surface area contributed by atoms with E-state index in [0.29, 0.717) is 18.4 Å². The van der Waals surface area contributed by atoms with Crippen molar-refractivity contribution in [2.24, 2.45) is 0 Å². The Hall–Kier alpha value is -2.15. The molecule has 0 unspecified atom stereocenters. The number of aromatic nitrogens is 4. The first-order chi connectivity index (χ1) is 10.2. The third-order valence-electron chi connectivity index (χ3n) is 3.40. The quantitative estimate of drug-likeness (QED) is 0.833. The van der Waals surface area contributed by atoms with Crippen LogP contribution in [0.4, 0.5) is 5.95 Å². The number of ether oxygens (including phenoxy) is 2. The number of rotatable bonds is 4. The molecular weight excluding hydrogens is 270 g/mol. The number of morpholine rings is 1. The molecule has 0 N–H and O–H groups in total. The minimum absolute atomic E-state index is 0.0767. The van der Waals surface area contributed by atoms with E-state index in [4.69, 9.17) is 9.47 Å². The summed E-state index contributed by atoms with van der Waals surface area (Å²) >= 11 is 0. The van der Waals surface area contributed by atoms with Gasteiger partial charge >= 0.3 is 0 Å². The van der Waals surface area contributed by atoms with Crippen LogP contribution < -0.4 is 9.64 Å². The molecule has 1 saturated heterocycles. The molecule has 2 aromatic rings. The van der Waals surface area contributed by atoms with Crippen LogP contribution in [0.25, 0.3) is 0 Å². The summed E-state index contributed by atoms with van der Waals surface area (Å²) in [5.74, 6) is 1.25. The fourth-order valence-corrected chi connectivity index (χ4v) is 2.39. The first kappa shape index (κ1) is 13.8. The first-order valence-corrected chi connectivity index (χ1v) is 6.97. The third-order valence-corrected chi connectivity index (χ3v) is 3.40.